The van der Waals surface area contributed by atoms with Crippen molar-refractivity contribution in [3.8, 4) is 0 Å². The van der Waals surface area contributed by atoms with Gasteiger partial charge >= 0.3 is 0 Å². The lowest BCUT2D eigenvalue weighted by atomic mass is 9.88. The molecule has 3 rings (SSSR count). The summed E-state index contributed by atoms with van der Waals surface area (Å²) < 4.78 is 0. The fourth-order valence-electron chi connectivity index (χ4n) is 3.63. The molecule has 1 amide bonds. The second-order valence-corrected chi connectivity index (χ2v) is 6.65. The number of amides is 1. The van der Waals surface area contributed by atoms with Crippen molar-refractivity contribution < 1.29 is 4.79 Å². The Morgan fingerprint density at radius 1 is 1.27 bits per heavy atom. The minimum atomic E-state index is 0. The molecule has 1 aromatic carbocycles. The average Bonchev–Trinajstić information content (AvgIpc) is 3.04. The van der Waals surface area contributed by atoms with Crippen LogP contribution in [-0.2, 0) is 0 Å². The van der Waals surface area contributed by atoms with E-state index in [0.29, 0.717) is 11.1 Å². The minimum absolute atomic E-state index is 0. The van der Waals surface area contributed by atoms with Gasteiger partial charge in [0.1, 0.15) is 0 Å². The van der Waals surface area contributed by atoms with Crippen molar-refractivity contribution in [2.75, 3.05) is 19.6 Å². The van der Waals surface area contributed by atoms with Gasteiger partial charge in [-0.05, 0) is 62.8 Å². The number of rotatable bonds is 2. The molecular weight excluding hydrogens is 319 g/mol. The molecule has 0 aromatic heterocycles. The summed E-state index contributed by atoms with van der Waals surface area (Å²) >= 11 is 6.13. The van der Waals surface area contributed by atoms with E-state index in [1.165, 1.54) is 12.8 Å². The Hall–Kier alpha value is -0.770. The monoisotopic (exact) mass is 342 g/mol. The Bertz CT molecular complexity index is 521. The standard InChI is InChI=1S/C17H23ClN2O.ClH/c1-12-14(4-2-5-15(12)18)17(21)20-10-7-13(8-11-20)16-6-3-9-19-16;/h2,4-5,13,16,19H,3,6-11H2,1H3;1H. The predicted octanol–water partition coefficient (Wildman–Crippen LogP) is 3.67. The summed E-state index contributed by atoms with van der Waals surface area (Å²) in [4.78, 5) is 14.6. The maximum absolute atomic E-state index is 12.7. The van der Waals surface area contributed by atoms with Gasteiger partial charge in [0.2, 0.25) is 0 Å². The van der Waals surface area contributed by atoms with Crippen LogP contribution < -0.4 is 5.32 Å². The number of benzene rings is 1. The number of hydrogen-bond acceptors (Lipinski definition) is 2. The van der Waals surface area contributed by atoms with E-state index in [9.17, 15) is 4.79 Å². The lowest BCUT2D eigenvalue weighted by Crippen LogP contribution is -2.43. The fourth-order valence-corrected chi connectivity index (χ4v) is 3.80. The molecule has 1 atom stereocenters. The smallest absolute Gasteiger partial charge is 0.254 e. The first-order valence-corrected chi connectivity index (χ1v) is 8.32. The molecular formula is C17H24Cl2N2O. The molecule has 0 saturated carbocycles. The number of carbonyl (C=O) groups excluding carboxylic acids is 1. The highest BCUT2D eigenvalue weighted by molar-refractivity contribution is 6.31. The second-order valence-electron chi connectivity index (χ2n) is 6.24. The molecule has 122 valence electrons. The van der Waals surface area contributed by atoms with Crippen LogP contribution in [0.3, 0.4) is 0 Å². The summed E-state index contributed by atoms with van der Waals surface area (Å²) in [5, 5.41) is 4.27. The molecule has 2 fully saturated rings. The third-order valence-electron chi connectivity index (χ3n) is 4.99. The molecule has 2 aliphatic heterocycles. The number of nitrogens with zero attached hydrogens (tertiary/aromatic N) is 1. The Kier molecular flexibility index (Phi) is 6.13. The van der Waals surface area contributed by atoms with Crippen LogP contribution in [0.4, 0.5) is 0 Å². The molecule has 0 radical (unpaired) electrons. The van der Waals surface area contributed by atoms with Crippen LogP contribution in [0.5, 0.6) is 0 Å². The first-order valence-electron chi connectivity index (χ1n) is 7.94. The summed E-state index contributed by atoms with van der Waals surface area (Å²) in [6, 6.07) is 6.26. The van der Waals surface area contributed by atoms with Crippen LogP contribution in [0.25, 0.3) is 0 Å². The fraction of sp³-hybridized carbons (Fsp3) is 0.588. The van der Waals surface area contributed by atoms with Gasteiger partial charge in [-0.1, -0.05) is 17.7 Å². The molecule has 2 saturated heterocycles. The van der Waals surface area contributed by atoms with Crippen molar-refractivity contribution in [3.63, 3.8) is 0 Å². The molecule has 0 bridgehead atoms. The topological polar surface area (TPSA) is 32.3 Å². The van der Waals surface area contributed by atoms with Crippen LogP contribution in [-0.4, -0.2) is 36.5 Å². The van der Waals surface area contributed by atoms with Crippen molar-refractivity contribution >= 4 is 29.9 Å². The van der Waals surface area contributed by atoms with Gasteiger partial charge in [-0.15, -0.1) is 12.4 Å². The lowest BCUT2D eigenvalue weighted by molar-refractivity contribution is 0.0673. The van der Waals surface area contributed by atoms with Crippen LogP contribution in [0, 0.1) is 12.8 Å². The number of halogens is 2. The van der Waals surface area contributed by atoms with E-state index < -0.39 is 0 Å². The number of piperidine rings is 1. The van der Waals surface area contributed by atoms with Gasteiger partial charge in [-0.25, -0.2) is 0 Å². The zero-order valence-corrected chi connectivity index (χ0v) is 14.6. The first kappa shape index (κ1) is 17.6. The Labute approximate surface area is 143 Å². The summed E-state index contributed by atoms with van der Waals surface area (Å²) in [6.07, 6.45) is 4.82. The molecule has 2 aliphatic rings. The number of hydrogen-bond donors (Lipinski definition) is 1. The average molecular weight is 343 g/mol. The van der Waals surface area contributed by atoms with Crippen molar-refractivity contribution in [1.82, 2.24) is 10.2 Å². The summed E-state index contributed by atoms with van der Waals surface area (Å²) in [6.45, 7) is 4.82. The third kappa shape index (κ3) is 3.58. The lowest BCUT2D eigenvalue weighted by Gasteiger charge is -2.35. The highest BCUT2D eigenvalue weighted by Gasteiger charge is 2.30. The van der Waals surface area contributed by atoms with Gasteiger partial charge in [-0.3, -0.25) is 4.79 Å². The highest BCUT2D eigenvalue weighted by Crippen LogP contribution is 2.27. The molecule has 0 spiro atoms. The van der Waals surface area contributed by atoms with Gasteiger partial charge in [0, 0.05) is 29.7 Å². The molecule has 2 heterocycles. The Morgan fingerprint density at radius 3 is 2.64 bits per heavy atom. The van der Waals surface area contributed by atoms with E-state index in [2.05, 4.69) is 5.32 Å². The number of likely N-dealkylation sites (tertiary alicyclic amines) is 1. The number of nitrogens with one attached hydrogen (secondary N) is 1. The maximum Gasteiger partial charge on any atom is 0.254 e. The van der Waals surface area contributed by atoms with Crippen LogP contribution in [0.1, 0.15) is 41.6 Å². The Morgan fingerprint density at radius 2 is 2.00 bits per heavy atom. The van der Waals surface area contributed by atoms with E-state index in [-0.39, 0.29) is 18.3 Å². The first-order chi connectivity index (χ1) is 10.2. The summed E-state index contributed by atoms with van der Waals surface area (Å²) in [5.74, 6) is 0.866. The number of carbonyl (C=O) groups is 1. The van der Waals surface area contributed by atoms with Crippen LogP contribution in [0.2, 0.25) is 5.02 Å². The summed E-state index contributed by atoms with van der Waals surface area (Å²) in [7, 11) is 0. The Balaban J connectivity index is 0.00000176. The molecule has 3 nitrogen and oxygen atoms in total. The SMILES string of the molecule is Cc1c(Cl)cccc1C(=O)N1CCC(C2CCCN2)CC1.Cl. The predicted molar refractivity (Wildman–Crippen MR) is 93.1 cm³/mol. The van der Waals surface area contributed by atoms with E-state index in [1.54, 1.807) is 0 Å². The van der Waals surface area contributed by atoms with Gasteiger partial charge in [0.15, 0.2) is 0 Å². The second kappa shape index (κ2) is 7.67. The van der Waals surface area contributed by atoms with Gasteiger partial charge in [0.05, 0.1) is 0 Å². The summed E-state index contributed by atoms with van der Waals surface area (Å²) in [5.41, 5.74) is 1.64. The largest absolute Gasteiger partial charge is 0.339 e. The van der Waals surface area contributed by atoms with Crippen LogP contribution >= 0.6 is 24.0 Å². The van der Waals surface area contributed by atoms with Crippen molar-refractivity contribution in [3.05, 3.63) is 34.3 Å². The van der Waals surface area contributed by atoms with Crippen molar-refractivity contribution in [2.45, 2.75) is 38.6 Å². The van der Waals surface area contributed by atoms with Crippen molar-refractivity contribution in [1.29, 1.82) is 0 Å². The van der Waals surface area contributed by atoms with Gasteiger partial charge in [0.25, 0.3) is 5.91 Å². The molecule has 22 heavy (non-hydrogen) atoms. The quantitative estimate of drug-likeness (QED) is 0.889. The maximum atomic E-state index is 12.7. The zero-order valence-electron chi connectivity index (χ0n) is 13.0. The molecule has 1 N–H and O–H groups in total. The van der Waals surface area contributed by atoms with E-state index in [4.69, 9.17) is 11.6 Å². The molecule has 1 aromatic rings. The van der Waals surface area contributed by atoms with Gasteiger partial charge in [-0.2, -0.15) is 0 Å². The highest BCUT2D eigenvalue weighted by atomic mass is 35.5. The molecule has 5 heteroatoms. The van der Waals surface area contributed by atoms with E-state index in [1.807, 2.05) is 30.0 Å². The zero-order chi connectivity index (χ0) is 14.8. The van der Waals surface area contributed by atoms with E-state index >= 15 is 0 Å². The third-order valence-corrected chi connectivity index (χ3v) is 5.40. The normalized spacial score (nSPS) is 22.5. The molecule has 0 aliphatic carbocycles. The molecule has 1 unspecified atom stereocenters. The van der Waals surface area contributed by atoms with Gasteiger partial charge < -0.3 is 10.2 Å². The minimum Gasteiger partial charge on any atom is -0.339 e. The van der Waals surface area contributed by atoms with E-state index in [0.717, 1.165) is 49.5 Å². The van der Waals surface area contributed by atoms with Crippen LogP contribution in [0.15, 0.2) is 18.2 Å². The van der Waals surface area contributed by atoms with Crippen molar-refractivity contribution in [2.24, 2.45) is 5.92 Å².